The van der Waals surface area contributed by atoms with E-state index in [9.17, 15) is 0 Å². The number of nitrogens with one attached hydrogen (secondary N) is 1. The highest BCUT2D eigenvalue weighted by Crippen LogP contribution is 2.41. The summed E-state index contributed by atoms with van der Waals surface area (Å²) >= 11 is 0. The maximum atomic E-state index is 5.40. The zero-order valence-electron chi connectivity index (χ0n) is 16.7. The number of aromatic nitrogens is 1. The third-order valence-electron chi connectivity index (χ3n) is 5.90. The number of rotatable bonds is 4. The van der Waals surface area contributed by atoms with Gasteiger partial charge in [0.1, 0.15) is 11.5 Å². The lowest BCUT2D eigenvalue weighted by molar-refractivity contribution is 0.414. The van der Waals surface area contributed by atoms with Crippen LogP contribution in [0.3, 0.4) is 0 Å². The van der Waals surface area contributed by atoms with E-state index < -0.39 is 0 Å². The molecule has 0 spiro atoms. The molecule has 1 unspecified atom stereocenters. The first-order valence-electron chi connectivity index (χ1n) is 9.92. The van der Waals surface area contributed by atoms with Crippen LogP contribution in [0.4, 0.5) is 5.69 Å². The summed E-state index contributed by atoms with van der Waals surface area (Å²) in [7, 11) is 3.41. The number of anilines is 1. The smallest absolute Gasteiger partial charge is 0.120 e. The Morgan fingerprint density at radius 1 is 0.862 bits per heavy atom. The number of H-pyrrole nitrogens is 1. The van der Waals surface area contributed by atoms with Crippen molar-refractivity contribution < 1.29 is 9.47 Å². The summed E-state index contributed by atoms with van der Waals surface area (Å²) in [5.74, 6) is 1.74. The molecule has 0 radical (unpaired) electrons. The number of benzene rings is 3. The summed E-state index contributed by atoms with van der Waals surface area (Å²) < 4.78 is 10.8. The lowest BCUT2D eigenvalue weighted by Crippen LogP contribution is -2.36. The summed E-state index contributed by atoms with van der Waals surface area (Å²) in [5.41, 5.74) is 6.37. The van der Waals surface area contributed by atoms with E-state index in [4.69, 9.17) is 9.47 Å². The highest BCUT2D eigenvalue weighted by Gasteiger charge is 2.30. The molecule has 29 heavy (non-hydrogen) atoms. The van der Waals surface area contributed by atoms with Gasteiger partial charge in [-0.15, -0.1) is 0 Å². The van der Waals surface area contributed by atoms with E-state index in [-0.39, 0.29) is 6.04 Å². The SMILES string of the molecule is COc1ccc(N2CCc3ccccc3C2c2c[nH]c3cc(OC)ccc23)cc1. The fourth-order valence-electron chi connectivity index (χ4n) is 4.43. The largest absolute Gasteiger partial charge is 0.497 e. The van der Waals surface area contributed by atoms with E-state index in [1.807, 2.05) is 18.2 Å². The summed E-state index contributed by atoms with van der Waals surface area (Å²) in [6, 6.07) is 23.6. The Balaban J connectivity index is 1.66. The molecule has 4 heteroatoms. The van der Waals surface area contributed by atoms with Crippen molar-refractivity contribution in [2.75, 3.05) is 25.7 Å². The third-order valence-corrected chi connectivity index (χ3v) is 5.90. The second kappa shape index (κ2) is 7.21. The summed E-state index contributed by atoms with van der Waals surface area (Å²) in [6.45, 7) is 0.969. The normalized spacial score (nSPS) is 15.9. The second-order valence-corrected chi connectivity index (χ2v) is 7.40. The molecule has 2 heterocycles. The van der Waals surface area contributed by atoms with Crippen LogP contribution in [0.2, 0.25) is 0 Å². The Hall–Kier alpha value is -3.40. The van der Waals surface area contributed by atoms with E-state index in [0.29, 0.717) is 0 Å². The minimum Gasteiger partial charge on any atom is -0.497 e. The van der Waals surface area contributed by atoms with E-state index in [0.717, 1.165) is 30.0 Å². The molecule has 5 rings (SSSR count). The monoisotopic (exact) mass is 384 g/mol. The molecule has 0 saturated carbocycles. The zero-order valence-corrected chi connectivity index (χ0v) is 16.7. The van der Waals surface area contributed by atoms with Crippen LogP contribution in [0.1, 0.15) is 22.7 Å². The molecule has 3 aromatic carbocycles. The average Bonchev–Trinajstić information content (AvgIpc) is 3.21. The van der Waals surface area contributed by atoms with Gasteiger partial charge in [0.05, 0.1) is 20.3 Å². The number of hydrogen-bond donors (Lipinski definition) is 1. The van der Waals surface area contributed by atoms with Gasteiger partial charge < -0.3 is 19.4 Å². The third kappa shape index (κ3) is 3.01. The van der Waals surface area contributed by atoms with Gasteiger partial charge in [-0.3, -0.25) is 0 Å². The van der Waals surface area contributed by atoms with Gasteiger partial charge in [0, 0.05) is 41.0 Å². The van der Waals surface area contributed by atoms with Crippen molar-refractivity contribution in [1.29, 1.82) is 0 Å². The van der Waals surface area contributed by atoms with Crippen molar-refractivity contribution in [3.8, 4) is 11.5 Å². The molecule has 0 aliphatic carbocycles. The Kier molecular flexibility index (Phi) is 4.39. The van der Waals surface area contributed by atoms with E-state index in [1.165, 1.54) is 27.8 Å². The summed E-state index contributed by atoms with van der Waals surface area (Å²) in [6.07, 6.45) is 3.18. The Morgan fingerprint density at radius 3 is 2.41 bits per heavy atom. The molecule has 146 valence electrons. The van der Waals surface area contributed by atoms with Gasteiger partial charge in [0.25, 0.3) is 0 Å². The molecule has 1 atom stereocenters. The molecule has 4 nitrogen and oxygen atoms in total. The van der Waals surface area contributed by atoms with Crippen molar-refractivity contribution >= 4 is 16.6 Å². The Morgan fingerprint density at radius 2 is 1.62 bits per heavy atom. The average molecular weight is 384 g/mol. The van der Waals surface area contributed by atoms with E-state index in [2.05, 4.69) is 64.6 Å². The van der Waals surface area contributed by atoms with E-state index >= 15 is 0 Å². The van der Waals surface area contributed by atoms with Gasteiger partial charge in [-0.1, -0.05) is 24.3 Å². The zero-order chi connectivity index (χ0) is 19.8. The highest BCUT2D eigenvalue weighted by molar-refractivity contribution is 5.86. The van der Waals surface area contributed by atoms with Crippen molar-refractivity contribution in [1.82, 2.24) is 4.98 Å². The van der Waals surface area contributed by atoms with Crippen LogP contribution < -0.4 is 14.4 Å². The quantitative estimate of drug-likeness (QED) is 0.516. The standard InChI is InChI=1S/C25H24N2O2/c1-28-19-9-7-18(8-10-19)27-14-13-17-5-3-4-6-21(17)25(27)23-16-26-24-15-20(29-2)11-12-22(23)24/h3-12,15-16,25-26H,13-14H2,1-2H3. The molecule has 0 saturated heterocycles. The predicted molar refractivity (Wildman–Crippen MR) is 117 cm³/mol. The van der Waals surface area contributed by atoms with Crippen molar-refractivity contribution in [2.45, 2.75) is 12.5 Å². The number of methoxy groups -OCH3 is 2. The number of fused-ring (bicyclic) bond motifs is 2. The minimum absolute atomic E-state index is 0.149. The first kappa shape index (κ1) is 17.7. The number of nitrogens with zero attached hydrogens (tertiary/aromatic N) is 1. The molecule has 1 aliphatic heterocycles. The lowest BCUT2D eigenvalue weighted by atomic mass is 9.87. The van der Waals surface area contributed by atoms with E-state index in [1.54, 1.807) is 14.2 Å². The van der Waals surface area contributed by atoms with Crippen molar-refractivity contribution in [3.05, 3.63) is 89.6 Å². The van der Waals surface area contributed by atoms with Gasteiger partial charge in [-0.05, 0) is 53.9 Å². The summed E-state index contributed by atoms with van der Waals surface area (Å²) in [4.78, 5) is 5.95. The molecule has 4 aromatic rings. The lowest BCUT2D eigenvalue weighted by Gasteiger charge is -2.39. The topological polar surface area (TPSA) is 37.5 Å². The molecular formula is C25H24N2O2. The molecule has 1 N–H and O–H groups in total. The summed E-state index contributed by atoms with van der Waals surface area (Å²) in [5, 5.41) is 1.23. The molecule has 1 aromatic heterocycles. The highest BCUT2D eigenvalue weighted by atomic mass is 16.5. The van der Waals surface area contributed by atoms with Crippen molar-refractivity contribution in [2.24, 2.45) is 0 Å². The molecule has 0 bridgehead atoms. The second-order valence-electron chi connectivity index (χ2n) is 7.40. The molecule has 0 fully saturated rings. The molecular weight excluding hydrogens is 360 g/mol. The van der Waals surface area contributed by atoms with Crippen LogP contribution in [0.15, 0.2) is 72.9 Å². The molecule has 0 amide bonds. The maximum Gasteiger partial charge on any atom is 0.120 e. The van der Waals surface area contributed by atoms with Crippen LogP contribution in [-0.4, -0.2) is 25.7 Å². The van der Waals surface area contributed by atoms with Gasteiger partial charge >= 0.3 is 0 Å². The first-order chi connectivity index (χ1) is 14.3. The van der Waals surface area contributed by atoms with Crippen LogP contribution in [0.25, 0.3) is 10.9 Å². The van der Waals surface area contributed by atoms with Gasteiger partial charge in [-0.2, -0.15) is 0 Å². The van der Waals surface area contributed by atoms with Crippen LogP contribution in [0, 0.1) is 0 Å². The fraction of sp³-hybridized carbons (Fsp3) is 0.200. The predicted octanol–water partition coefficient (Wildman–Crippen LogP) is 5.34. The maximum absolute atomic E-state index is 5.40. The van der Waals surface area contributed by atoms with Gasteiger partial charge in [-0.25, -0.2) is 0 Å². The van der Waals surface area contributed by atoms with Crippen LogP contribution in [-0.2, 0) is 6.42 Å². The Labute approximate surface area is 170 Å². The van der Waals surface area contributed by atoms with Gasteiger partial charge in [0.15, 0.2) is 0 Å². The number of aromatic amines is 1. The molecule has 1 aliphatic rings. The number of hydrogen-bond acceptors (Lipinski definition) is 3. The Bertz CT molecular complexity index is 1150. The fourth-order valence-corrected chi connectivity index (χ4v) is 4.43. The van der Waals surface area contributed by atoms with Crippen molar-refractivity contribution in [3.63, 3.8) is 0 Å². The minimum atomic E-state index is 0.149. The number of ether oxygens (including phenoxy) is 2. The first-order valence-corrected chi connectivity index (χ1v) is 9.92. The van der Waals surface area contributed by atoms with Gasteiger partial charge in [0.2, 0.25) is 0 Å². The van der Waals surface area contributed by atoms with Crippen LogP contribution >= 0.6 is 0 Å². The van der Waals surface area contributed by atoms with Crippen LogP contribution in [0.5, 0.6) is 11.5 Å².